The van der Waals surface area contributed by atoms with Crippen molar-refractivity contribution in [3.8, 4) is 0 Å². The van der Waals surface area contributed by atoms with E-state index in [0.717, 1.165) is 35.2 Å². The van der Waals surface area contributed by atoms with Crippen LogP contribution in [0.3, 0.4) is 0 Å². The van der Waals surface area contributed by atoms with Crippen LogP contribution in [0.1, 0.15) is 39.9 Å². The summed E-state index contributed by atoms with van der Waals surface area (Å²) in [7, 11) is 0. The Hall–Kier alpha value is -3.15. The molecule has 0 spiro atoms. The fourth-order valence-electron chi connectivity index (χ4n) is 3.12. The van der Waals surface area contributed by atoms with Gasteiger partial charge in [-0.05, 0) is 69.0 Å². The van der Waals surface area contributed by atoms with E-state index in [1.807, 2.05) is 32.9 Å². The molecule has 1 aliphatic rings. The molecule has 2 aromatic carbocycles. The summed E-state index contributed by atoms with van der Waals surface area (Å²) in [5, 5.41) is 8.31. The van der Waals surface area contributed by atoms with Crippen LogP contribution in [0, 0.1) is 26.7 Å². The van der Waals surface area contributed by atoms with Gasteiger partial charge in [0.15, 0.2) is 0 Å². The highest BCUT2D eigenvalue weighted by atomic mass is 16.2. The van der Waals surface area contributed by atoms with Crippen molar-refractivity contribution in [3.63, 3.8) is 0 Å². The zero-order valence-electron chi connectivity index (χ0n) is 16.4. The number of carbonyl (C=O) groups is 3. The first-order valence-corrected chi connectivity index (χ1v) is 9.40. The third-order valence-electron chi connectivity index (χ3n) is 4.71. The molecule has 1 aliphatic carbocycles. The summed E-state index contributed by atoms with van der Waals surface area (Å²) >= 11 is 0. The molecule has 0 aliphatic heterocycles. The van der Waals surface area contributed by atoms with Gasteiger partial charge in [-0.3, -0.25) is 14.4 Å². The number of rotatable bonds is 6. The van der Waals surface area contributed by atoms with Crippen molar-refractivity contribution in [2.24, 2.45) is 5.92 Å². The van der Waals surface area contributed by atoms with E-state index in [-0.39, 0.29) is 30.2 Å². The molecule has 0 unspecified atom stereocenters. The summed E-state index contributed by atoms with van der Waals surface area (Å²) in [5.74, 6) is -0.470. The Labute approximate surface area is 164 Å². The van der Waals surface area contributed by atoms with Crippen molar-refractivity contribution in [2.75, 3.05) is 17.2 Å². The van der Waals surface area contributed by atoms with Gasteiger partial charge in [0.2, 0.25) is 11.8 Å². The Balaban J connectivity index is 1.52. The van der Waals surface area contributed by atoms with Crippen LogP contribution in [-0.2, 0) is 9.59 Å². The molecule has 146 valence electrons. The predicted molar refractivity (Wildman–Crippen MR) is 109 cm³/mol. The first-order chi connectivity index (χ1) is 13.3. The summed E-state index contributed by atoms with van der Waals surface area (Å²) in [6, 6.07) is 10.6. The lowest BCUT2D eigenvalue weighted by atomic mass is 10.1. The van der Waals surface area contributed by atoms with Crippen molar-refractivity contribution >= 4 is 29.1 Å². The van der Waals surface area contributed by atoms with E-state index >= 15 is 0 Å². The van der Waals surface area contributed by atoms with Crippen LogP contribution in [0.5, 0.6) is 0 Å². The Kier molecular flexibility index (Phi) is 5.78. The molecule has 0 bridgehead atoms. The maximum absolute atomic E-state index is 12.3. The van der Waals surface area contributed by atoms with Crippen LogP contribution in [0.2, 0.25) is 0 Å². The van der Waals surface area contributed by atoms with Crippen molar-refractivity contribution < 1.29 is 14.4 Å². The second kappa shape index (κ2) is 8.25. The third-order valence-corrected chi connectivity index (χ3v) is 4.71. The van der Waals surface area contributed by atoms with Crippen LogP contribution in [-0.4, -0.2) is 24.3 Å². The average molecular weight is 379 g/mol. The highest BCUT2D eigenvalue weighted by Gasteiger charge is 2.29. The molecule has 0 aromatic heterocycles. The molecule has 28 heavy (non-hydrogen) atoms. The van der Waals surface area contributed by atoms with E-state index < -0.39 is 0 Å². The average Bonchev–Trinajstić information content (AvgIpc) is 3.48. The van der Waals surface area contributed by atoms with E-state index in [2.05, 4.69) is 16.0 Å². The van der Waals surface area contributed by atoms with Gasteiger partial charge >= 0.3 is 0 Å². The summed E-state index contributed by atoms with van der Waals surface area (Å²) in [4.78, 5) is 36.2. The van der Waals surface area contributed by atoms with Gasteiger partial charge in [0.1, 0.15) is 0 Å². The number of hydrogen-bond donors (Lipinski definition) is 3. The maximum Gasteiger partial charge on any atom is 0.251 e. The van der Waals surface area contributed by atoms with Crippen molar-refractivity contribution in [1.29, 1.82) is 0 Å². The topological polar surface area (TPSA) is 87.3 Å². The van der Waals surface area contributed by atoms with Gasteiger partial charge in [-0.2, -0.15) is 0 Å². The molecule has 3 rings (SSSR count). The van der Waals surface area contributed by atoms with Gasteiger partial charge in [-0.15, -0.1) is 0 Å². The van der Waals surface area contributed by atoms with Gasteiger partial charge < -0.3 is 16.0 Å². The van der Waals surface area contributed by atoms with Gasteiger partial charge in [0.05, 0.1) is 6.54 Å². The minimum Gasteiger partial charge on any atom is -0.343 e. The Morgan fingerprint density at radius 1 is 0.929 bits per heavy atom. The standard InChI is InChI=1S/C22H25N3O3/c1-13-10-14(2)20(15(3)11-13)25-19(26)12-23-21(27)16-6-8-18(9-7-16)24-22(28)17-4-5-17/h6-11,17H,4-5,12H2,1-3H3,(H,23,27)(H,24,28)(H,25,26). The number of anilines is 2. The fraction of sp³-hybridized carbons (Fsp3) is 0.318. The maximum atomic E-state index is 12.3. The van der Waals surface area contributed by atoms with Crippen LogP contribution >= 0.6 is 0 Å². The number of aryl methyl sites for hydroxylation is 3. The molecule has 0 radical (unpaired) electrons. The quantitative estimate of drug-likeness (QED) is 0.719. The second-order valence-corrected chi connectivity index (χ2v) is 7.35. The third kappa shape index (κ3) is 4.97. The fourth-order valence-corrected chi connectivity index (χ4v) is 3.12. The predicted octanol–water partition coefficient (Wildman–Crippen LogP) is 3.33. The first-order valence-electron chi connectivity index (χ1n) is 9.40. The highest BCUT2D eigenvalue weighted by Crippen LogP contribution is 2.30. The Bertz CT molecular complexity index is 892. The van der Waals surface area contributed by atoms with E-state index in [4.69, 9.17) is 0 Å². The molecule has 1 saturated carbocycles. The minimum atomic E-state index is -0.340. The molecular weight excluding hydrogens is 354 g/mol. The molecule has 3 amide bonds. The van der Waals surface area contributed by atoms with E-state index in [9.17, 15) is 14.4 Å². The molecular formula is C22H25N3O3. The monoisotopic (exact) mass is 379 g/mol. The molecule has 3 N–H and O–H groups in total. The van der Waals surface area contributed by atoms with Gasteiger partial charge in [-0.1, -0.05) is 17.7 Å². The summed E-state index contributed by atoms with van der Waals surface area (Å²) in [5.41, 5.74) is 4.98. The van der Waals surface area contributed by atoms with Crippen molar-refractivity contribution in [3.05, 3.63) is 58.7 Å². The number of nitrogens with one attached hydrogen (secondary N) is 3. The van der Waals surface area contributed by atoms with E-state index in [1.165, 1.54) is 0 Å². The molecule has 6 heteroatoms. The number of hydrogen-bond acceptors (Lipinski definition) is 3. The van der Waals surface area contributed by atoms with Crippen LogP contribution < -0.4 is 16.0 Å². The molecule has 6 nitrogen and oxygen atoms in total. The first kappa shape index (κ1) is 19.6. The lowest BCUT2D eigenvalue weighted by Crippen LogP contribution is -2.33. The Morgan fingerprint density at radius 3 is 2.11 bits per heavy atom. The van der Waals surface area contributed by atoms with Crippen molar-refractivity contribution in [2.45, 2.75) is 33.6 Å². The normalized spacial score (nSPS) is 13.0. The zero-order valence-corrected chi connectivity index (χ0v) is 16.4. The molecule has 0 saturated heterocycles. The molecule has 1 fully saturated rings. The number of amides is 3. The van der Waals surface area contributed by atoms with Crippen LogP contribution in [0.15, 0.2) is 36.4 Å². The molecule has 2 aromatic rings. The van der Waals surface area contributed by atoms with Crippen LogP contribution in [0.25, 0.3) is 0 Å². The van der Waals surface area contributed by atoms with E-state index in [0.29, 0.717) is 11.3 Å². The molecule has 0 atom stereocenters. The zero-order chi connectivity index (χ0) is 20.3. The van der Waals surface area contributed by atoms with Gasteiger partial charge in [0.25, 0.3) is 5.91 Å². The number of carbonyl (C=O) groups excluding carboxylic acids is 3. The van der Waals surface area contributed by atoms with Crippen LogP contribution in [0.4, 0.5) is 11.4 Å². The smallest absolute Gasteiger partial charge is 0.251 e. The largest absolute Gasteiger partial charge is 0.343 e. The van der Waals surface area contributed by atoms with Gasteiger partial charge in [-0.25, -0.2) is 0 Å². The lowest BCUT2D eigenvalue weighted by Gasteiger charge is -2.13. The van der Waals surface area contributed by atoms with Crippen molar-refractivity contribution in [1.82, 2.24) is 5.32 Å². The van der Waals surface area contributed by atoms with E-state index in [1.54, 1.807) is 24.3 Å². The van der Waals surface area contributed by atoms with Gasteiger partial charge in [0, 0.05) is 22.9 Å². The SMILES string of the molecule is Cc1cc(C)c(NC(=O)CNC(=O)c2ccc(NC(=O)C3CC3)cc2)c(C)c1. The summed E-state index contributed by atoms with van der Waals surface area (Å²) < 4.78 is 0. The highest BCUT2D eigenvalue weighted by molar-refractivity contribution is 6.00. The summed E-state index contributed by atoms with van der Waals surface area (Å²) in [6.07, 6.45) is 1.88. The minimum absolute atomic E-state index is 0.0237. The Morgan fingerprint density at radius 2 is 1.54 bits per heavy atom. The number of benzene rings is 2. The summed E-state index contributed by atoms with van der Waals surface area (Å²) in [6.45, 7) is 5.77. The molecule has 0 heterocycles. The second-order valence-electron chi connectivity index (χ2n) is 7.35. The lowest BCUT2D eigenvalue weighted by molar-refractivity contribution is -0.117.